The summed E-state index contributed by atoms with van der Waals surface area (Å²) in [6.07, 6.45) is 3.00. The molecule has 0 spiro atoms. The lowest BCUT2D eigenvalue weighted by atomic mass is 10.0. The van der Waals surface area contributed by atoms with Crippen molar-refractivity contribution in [2.75, 3.05) is 13.2 Å². The van der Waals surface area contributed by atoms with E-state index < -0.39 is 0 Å². The van der Waals surface area contributed by atoms with Gasteiger partial charge in [-0.2, -0.15) is 0 Å². The monoisotopic (exact) mass is 423 g/mol. The van der Waals surface area contributed by atoms with Crippen molar-refractivity contribution in [2.24, 2.45) is 0 Å². The molecule has 1 heterocycles. The van der Waals surface area contributed by atoms with Crippen LogP contribution in [0.5, 0.6) is 0 Å². The van der Waals surface area contributed by atoms with Crippen LogP contribution >= 0.6 is 38.5 Å². The first-order chi connectivity index (χ1) is 8.63. The van der Waals surface area contributed by atoms with E-state index in [1.54, 1.807) is 0 Å². The summed E-state index contributed by atoms with van der Waals surface area (Å²) in [4.78, 5) is 14.3. The molecule has 1 atom stereocenters. The summed E-state index contributed by atoms with van der Waals surface area (Å²) in [6, 6.07) is 5.68. The molecule has 1 N–H and O–H groups in total. The maximum Gasteiger partial charge on any atom is 0.255 e. The molecule has 1 aliphatic rings. The Morgan fingerprint density at radius 1 is 1.50 bits per heavy atom. The number of carbonyl (C=O) groups excluding carboxylic acids is 1. The maximum atomic E-state index is 12.5. The van der Waals surface area contributed by atoms with Crippen LogP contribution < -0.4 is 0 Å². The van der Waals surface area contributed by atoms with Crippen LogP contribution in [0, 0.1) is 3.57 Å². The zero-order valence-corrected chi connectivity index (χ0v) is 13.6. The number of hydrogen-bond donors (Lipinski definition) is 1. The van der Waals surface area contributed by atoms with Crippen LogP contribution in [-0.2, 0) is 0 Å². The molecule has 1 aromatic rings. The van der Waals surface area contributed by atoms with Gasteiger partial charge in [0.15, 0.2) is 0 Å². The van der Waals surface area contributed by atoms with Crippen molar-refractivity contribution in [3.05, 3.63) is 31.8 Å². The fraction of sp³-hybridized carbons (Fsp3) is 0.462. The number of aliphatic hydroxyl groups excluding tert-OH is 1. The zero-order valence-electron chi connectivity index (χ0n) is 9.90. The molecule has 1 aliphatic heterocycles. The van der Waals surface area contributed by atoms with Gasteiger partial charge in [0.2, 0.25) is 0 Å². The molecule has 5 heteroatoms. The molecule has 98 valence electrons. The highest BCUT2D eigenvalue weighted by Crippen LogP contribution is 2.24. The first kappa shape index (κ1) is 14.3. The van der Waals surface area contributed by atoms with E-state index in [1.165, 1.54) is 0 Å². The molecule has 0 bridgehead atoms. The fourth-order valence-corrected chi connectivity index (χ4v) is 3.20. The second kappa shape index (κ2) is 6.34. The van der Waals surface area contributed by atoms with Gasteiger partial charge >= 0.3 is 0 Å². The minimum atomic E-state index is -0.0268. The number of halogens is 2. The van der Waals surface area contributed by atoms with Crippen molar-refractivity contribution in [2.45, 2.75) is 25.3 Å². The number of piperidine rings is 1. The molecule has 1 saturated heterocycles. The molecule has 1 amide bonds. The maximum absolute atomic E-state index is 12.5. The van der Waals surface area contributed by atoms with Crippen LogP contribution in [0.1, 0.15) is 29.6 Å². The van der Waals surface area contributed by atoms with Gasteiger partial charge in [0.1, 0.15) is 0 Å². The number of nitrogens with zero attached hydrogens (tertiary/aromatic N) is 1. The van der Waals surface area contributed by atoms with E-state index in [4.69, 9.17) is 0 Å². The lowest BCUT2D eigenvalue weighted by molar-refractivity contribution is 0.0502. The van der Waals surface area contributed by atoms with E-state index in [1.807, 2.05) is 23.1 Å². The summed E-state index contributed by atoms with van der Waals surface area (Å²) in [6.45, 7) is 0.795. The van der Waals surface area contributed by atoms with Crippen LogP contribution in [0.3, 0.4) is 0 Å². The van der Waals surface area contributed by atoms with Crippen LogP contribution in [-0.4, -0.2) is 35.1 Å². The number of amides is 1. The number of benzene rings is 1. The Morgan fingerprint density at radius 3 is 3.00 bits per heavy atom. The van der Waals surface area contributed by atoms with Gasteiger partial charge in [0.05, 0.1) is 18.2 Å². The third-order valence-corrected chi connectivity index (χ3v) is 4.69. The van der Waals surface area contributed by atoms with Gasteiger partial charge in [-0.3, -0.25) is 4.79 Å². The Balaban J connectivity index is 2.26. The number of hydrogen-bond acceptors (Lipinski definition) is 2. The molecule has 0 radical (unpaired) electrons. The predicted molar refractivity (Wildman–Crippen MR) is 82.6 cm³/mol. The molecule has 2 rings (SSSR count). The zero-order chi connectivity index (χ0) is 13.1. The van der Waals surface area contributed by atoms with Crippen LogP contribution in [0.2, 0.25) is 0 Å². The second-order valence-electron chi connectivity index (χ2n) is 4.45. The number of rotatable bonds is 2. The normalized spacial score (nSPS) is 19.9. The summed E-state index contributed by atoms with van der Waals surface area (Å²) in [5.41, 5.74) is 0.713. The number of carbonyl (C=O) groups is 1. The van der Waals surface area contributed by atoms with E-state index >= 15 is 0 Å². The van der Waals surface area contributed by atoms with Crippen molar-refractivity contribution < 1.29 is 9.90 Å². The van der Waals surface area contributed by atoms with Gasteiger partial charge in [0.25, 0.3) is 5.91 Å². The third-order valence-electron chi connectivity index (χ3n) is 3.26. The van der Waals surface area contributed by atoms with Crippen LogP contribution in [0.15, 0.2) is 22.7 Å². The van der Waals surface area contributed by atoms with Crippen molar-refractivity contribution >= 4 is 44.4 Å². The Morgan fingerprint density at radius 2 is 2.28 bits per heavy atom. The van der Waals surface area contributed by atoms with Gasteiger partial charge in [-0.25, -0.2) is 0 Å². The molecule has 1 unspecified atom stereocenters. The average Bonchev–Trinajstić information content (AvgIpc) is 2.40. The molecule has 1 aromatic carbocycles. The predicted octanol–water partition coefficient (Wildman–Crippen LogP) is 3.04. The topological polar surface area (TPSA) is 40.5 Å². The van der Waals surface area contributed by atoms with E-state index in [-0.39, 0.29) is 18.6 Å². The number of aliphatic hydroxyl groups is 1. The van der Waals surface area contributed by atoms with Gasteiger partial charge < -0.3 is 10.0 Å². The van der Waals surface area contributed by atoms with Gasteiger partial charge in [-0.1, -0.05) is 15.9 Å². The van der Waals surface area contributed by atoms with E-state index in [0.717, 1.165) is 33.9 Å². The van der Waals surface area contributed by atoms with Gasteiger partial charge in [0, 0.05) is 14.6 Å². The summed E-state index contributed by atoms with van der Waals surface area (Å²) >= 11 is 5.57. The molecule has 0 aromatic heterocycles. The molecule has 18 heavy (non-hydrogen) atoms. The van der Waals surface area contributed by atoms with E-state index in [2.05, 4.69) is 38.5 Å². The Bertz CT molecular complexity index is 453. The highest BCUT2D eigenvalue weighted by atomic mass is 127. The van der Waals surface area contributed by atoms with Gasteiger partial charge in [-0.15, -0.1) is 0 Å². The summed E-state index contributed by atoms with van der Waals surface area (Å²) in [5.74, 6) is 0.0273. The molecular weight excluding hydrogens is 409 g/mol. The molecular formula is C13H15BrINO2. The SMILES string of the molecule is O=C(c1cc(Br)ccc1I)N1CCCCC1CO. The highest BCUT2D eigenvalue weighted by Gasteiger charge is 2.27. The first-order valence-corrected chi connectivity index (χ1v) is 7.87. The first-order valence-electron chi connectivity index (χ1n) is 6.00. The molecule has 1 fully saturated rings. The lowest BCUT2D eigenvalue weighted by Gasteiger charge is -2.34. The molecule has 0 aliphatic carbocycles. The third kappa shape index (κ3) is 3.05. The quantitative estimate of drug-likeness (QED) is 0.742. The summed E-state index contributed by atoms with van der Waals surface area (Å²) in [7, 11) is 0. The standard InChI is InChI=1S/C13H15BrINO2/c14-9-4-5-12(15)11(7-9)13(18)16-6-2-1-3-10(16)8-17/h4-5,7,10,17H,1-3,6,8H2. The summed E-state index contributed by atoms with van der Waals surface area (Å²) in [5, 5.41) is 9.38. The number of likely N-dealkylation sites (tertiary alicyclic amines) is 1. The Labute approximate surface area is 129 Å². The second-order valence-corrected chi connectivity index (χ2v) is 6.53. The van der Waals surface area contributed by atoms with Crippen molar-refractivity contribution in [1.29, 1.82) is 0 Å². The minimum Gasteiger partial charge on any atom is -0.394 e. The lowest BCUT2D eigenvalue weighted by Crippen LogP contribution is -2.45. The van der Waals surface area contributed by atoms with Crippen LogP contribution in [0.25, 0.3) is 0 Å². The largest absolute Gasteiger partial charge is 0.394 e. The van der Waals surface area contributed by atoms with Crippen molar-refractivity contribution in [1.82, 2.24) is 4.90 Å². The van der Waals surface area contributed by atoms with Crippen LogP contribution in [0.4, 0.5) is 0 Å². The average molecular weight is 424 g/mol. The van der Waals surface area contributed by atoms with E-state index in [9.17, 15) is 9.90 Å². The van der Waals surface area contributed by atoms with Gasteiger partial charge in [-0.05, 0) is 60.1 Å². The smallest absolute Gasteiger partial charge is 0.255 e. The molecule has 0 saturated carbocycles. The minimum absolute atomic E-state index is 0.0268. The van der Waals surface area contributed by atoms with Crippen molar-refractivity contribution in [3.63, 3.8) is 0 Å². The van der Waals surface area contributed by atoms with Crippen molar-refractivity contribution in [3.8, 4) is 0 Å². The summed E-state index contributed by atoms with van der Waals surface area (Å²) < 4.78 is 1.85. The Kier molecular flexibility index (Phi) is 5.03. The highest BCUT2D eigenvalue weighted by molar-refractivity contribution is 14.1. The fourth-order valence-electron chi connectivity index (χ4n) is 2.27. The molecule has 3 nitrogen and oxygen atoms in total. The van der Waals surface area contributed by atoms with E-state index in [0.29, 0.717) is 5.56 Å². The Hall–Kier alpha value is -0.140.